The van der Waals surface area contributed by atoms with Crippen molar-refractivity contribution in [2.75, 3.05) is 0 Å². The number of phenols is 1. The van der Waals surface area contributed by atoms with Gasteiger partial charge in [-0.05, 0) is 41.0 Å². The zero-order valence-electron chi connectivity index (χ0n) is 12.9. The van der Waals surface area contributed by atoms with Gasteiger partial charge in [-0.1, -0.05) is 54.6 Å². The van der Waals surface area contributed by atoms with E-state index in [-0.39, 0.29) is 11.7 Å². The normalized spacial score (nSPS) is 10.7. The number of hydrazone groups is 1. The summed E-state index contributed by atoms with van der Waals surface area (Å²) < 4.78 is 0. The number of carbonyl (C=O) groups excluding carboxylic acids is 1. The minimum atomic E-state index is -0.264. The summed E-state index contributed by atoms with van der Waals surface area (Å²) in [5, 5.41) is 13.3. The van der Waals surface area contributed by atoms with Crippen molar-refractivity contribution in [2.45, 2.75) is 0 Å². The van der Waals surface area contributed by atoms with Gasteiger partial charge in [0, 0.05) is 5.56 Å². The summed E-state index contributed by atoms with van der Waals surface area (Å²) in [4.78, 5) is 12.1. The van der Waals surface area contributed by atoms with Gasteiger partial charge in [0.05, 0.1) is 6.21 Å². The highest BCUT2D eigenvalue weighted by Crippen LogP contribution is 2.22. The average molecular weight is 316 g/mol. The van der Waals surface area contributed by atoms with Crippen LogP contribution in [-0.4, -0.2) is 17.2 Å². The second-order valence-corrected chi connectivity index (χ2v) is 5.23. The van der Waals surface area contributed by atoms with Gasteiger partial charge in [0.25, 0.3) is 5.91 Å². The van der Waals surface area contributed by atoms with Crippen LogP contribution in [0, 0.1) is 0 Å². The molecule has 0 unspecified atom stereocenters. The van der Waals surface area contributed by atoms with Crippen LogP contribution in [0.5, 0.6) is 5.75 Å². The molecule has 24 heavy (non-hydrogen) atoms. The standard InChI is InChI=1S/C20H16N2O2/c23-19-12-10-17(11-13-19)16-6-8-18(9-7-16)20(24)22-21-14-15-4-2-1-3-5-15/h1-14,23H,(H,22,24). The minimum absolute atomic E-state index is 0.228. The van der Waals surface area contributed by atoms with Crippen LogP contribution in [0.25, 0.3) is 11.1 Å². The van der Waals surface area contributed by atoms with Crippen LogP contribution in [-0.2, 0) is 0 Å². The molecule has 0 atom stereocenters. The van der Waals surface area contributed by atoms with Gasteiger partial charge in [-0.3, -0.25) is 4.79 Å². The molecule has 2 N–H and O–H groups in total. The average Bonchev–Trinajstić information content (AvgIpc) is 2.63. The Morgan fingerprint density at radius 3 is 2.04 bits per heavy atom. The SMILES string of the molecule is O=C(NN=Cc1ccccc1)c1ccc(-c2ccc(O)cc2)cc1. The molecule has 0 spiro atoms. The largest absolute Gasteiger partial charge is 0.508 e. The van der Waals surface area contributed by atoms with Crippen LogP contribution in [0.2, 0.25) is 0 Å². The van der Waals surface area contributed by atoms with Gasteiger partial charge >= 0.3 is 0 Å². The highest BCUT2D eigenvalue weighted by atomic mass is 16.3. The molecule has 0 aliphatic carbocycles. The summed E-state index contributed by atoms with van der Waals surface area (Å²) in [5.41, 5.74) is 5.90. The molecule has 0 fully saturated rings. The molecule has 0 aliphatic rings. The topological polar surface area (TPSA) is 61.7 Å². The van der Waals surface area contributed by atoms with E-state index in [0.29, 0.717) is 5.56 Å². The lowest BCUT2D eigenvalue weighted by Gasteiger charge is -2.04. The first-order valence-corrected chi connectivity index (χ1v) is 7.50. The van der Waals surface area contributed by atoms with Gasteiger partial charge in [0.1, 0.15) is 5.75 Å². The van der Waals surface area contributed by atoms with Gasteiger partial charge in [-0.2, -0.15) is 5.10 Å². The smallest absolute Gasteiger partial charge is 0.271 e. The molecule has 0 saturated heterocycles. The Balaban J connectivity index is 1.65. The number of rotatable bonds is 4. The Hall–Kier alpha value is -3.40. The monoisotopic (exact) mass is 316 g/mol. The molecular weight excluding hydrogens is 300 g/mol. The van der Waals surface area contributed by atoms with Crippen molar-refractivity contribution in [3.8, 4) is 16.9 Å². The maximum Gasteiger partial charge on any atom is 0.271 e. The quantitative estimate of drug-likeness (QED) is 0.568. The summed E-state index contributed by atoms with van der Waals surface area (Å²) in [6.07, 6.45) is 1.60. The summed E-state index contributed by atoms with van der Waals surface area (Å²) in [5.74, 6) is -0.0366. The first-order chi connectivity index (χ1) is 11.7. The zero-order valence-corrected chi connectivity index (χ0v) is 12.9. The van der Waals surface area contributed by atoms with Crippen molar-refractivity contribution in [2.24, 2.45) is 5.10 Å². The Bertz CT molecular complexity index is 839. The van der Waals surface area contributed by atoms with E-state index in [0.717, 1.165) is 16.7 Å². The van der Waals surface area contributed by atoms with Gasteiger partial charge in [-0.25, -0.2) is 5.43 Å². The Labute approximate surface area is 140 Å². The number of phenolic OH excluding ortho intramolecular Hbond substituents is 1. The Morgan fingerprint density at radius 1 is 0.833 bits per heavy atom. The molecule has 0 heterocycles. The molecule has 3 aromatic rings. The van der Waals surface area contributed by atoms with Crippen molar-refractivity contribution in [3.63, 3.8) is 0 Å². The van der Waals surface area contributed by atoms with E-state index in [9.17, 15) is 9.90 Å². The number of nitrogens with one attached hydrogen (secondary N) is 1. The molecule has 0 radical (unpaired) electrons. The van der Waals surface area contributed by atoms with Crippen molar-refractivity contribution < 1.29 is 9.90 Å². The molecule has 0 saturated carbocycles. The molecular formula is C20H16N2O2. The van der Waals surface area contributed by atoms with E-state index in [1.54, 1.807) is 30.5 Å². The number of carbonyl (C=O) groups is 1. The van der Waals surface area contributed by atoms with E-state index in [1.807, 2.05) is 54.6 Å². The van der Waals surface area contributed by atoms with E-state index >= 15 is 0 Å². The van der Waals surface area contributed by atoms with Crippen molar-refractivity contribution >= 4 is 12.1 Å². The fourth-order valence-corrected chi connectivity index (χ4v) is 2.24. The number of benzene rings is 3. The second-order valence-electron chi connectivity index (χ2n) is 5.23. The van der Waals surface area contributed by atoms with Crippen LogP contribution in [0.3, 0.4) is 0 Å². The highest BCUT2D eigenvalue weighted by molar-refractivity contribution is 5.95. The Kier molecular flexibility index (Phi) is 4.68. The van der Waals surface area contributed by atoms with Crippen molar-refractivity contribution in [1.29, 1.82) is 0 Å². The number of aromatic hydroxyl groups is 1. The second kappa shape index (κ2) is 7.24. The Morgan fingerprint density at radius 2 is 1.42 bits per heavy atom. The van der Waals surface area contributed by atoms with Gasteiger partial charge < -0.3 is 5.11 Å². The summed E-state index contributed by atoms with van der Waals surface area (Å²) >= 11 is 0. The first-order valence-electron chi connectivity index (χ1n) is 7.50. The number of nitrogens with zero attached hydrogens (tertiary/aromatic N) is 1. The molecule has 1 amide bonds. The van der Waals surface area contributed by atoms with E-state index in [4.69, 9.17) is 0 Å². The molecule has 4 nitrogen and oxygen atoms in total. The number of hydrogen-bond donors (Lipinski definition) is 2. The van der Waals surface area contributed by atoms with Gasteiger partial charge in [0.2, 0.25) is 0 Å². The molecule has 0 aromatic heterocycles. The number of amides is 1. The molecule has 118 valence electrons. The molecule has 0 bridgehead atoms. The fourth-order valence-electron chi connectivity index (χ4n) is 2.24. The lowest BCUT2D eigenvalue weighted by atomic mass is 10.0. The van der Waals surface area contributed by atoms with Crippen LogP contribution in [0.4, 0.5) is 0 Å². The minimum Gasteiger partial charge on any atom is -0.508 e. The summed E-state index contributed by atoms with van der Waals surface area (Å²) in [7, 11) is 0. The number of hydrogen-bond acceptors (Lipinski definition) is 3. The molecule has 4 heteroatoms. The zero-order chi connectivity index (χ0) is 16.8. The molecule has 0 aliphatic heterocycles. The van der Waals surface area contributed by atoms with Crippen LogP contribution < -0.4 is 5.43 Å². The fraction of sp³-hybridized carbons (Fsp3) is 0. The van der Waals surface area contributed by atoms with Gasteiger partial charge in [0.15, 0.2) is 0 Å². The first kappa shape index (κ1) is 15.5. The maximum atomic E-state index is 12.1. The predicted molar refractivity (Wildman–Crippen MR) is 95.0 cm³/mol. The lowest BCUT2D eigenvalue weighted by Crippen LogP contribution is -2.17. The van der Waals surface area contributed by atoms with Crippen LogP contribution in [0.15, 0.2) is 84.0 Å². The molecule has 3 rings (SSSR count). The molecule has 3 aromatic carbocycles. The third kappa shape index (κ3) is 3.87. The third-order valence-corrected chi connectivity index (χ3v) is 3.53. The van der Waals surface area contributed by atoms with Crippen LogP contribution >= 0.6 is 0 Å². The lowest BCUT2D eigenvalue weighted by molar-refractivity contribution is 0.0955. The van der Waals surface area contributed by atoms with E-state index in [1.165, 1.54) is 0 Å². The predicted octanol–water partition coefficient (Wildman–Crippen LogP) is 3.82. The highest BCUT2D eigenvalue weighted by Gasteiger charge is 2.05. The summed E-state index contributed by atoms with van der Waals surface area (Å²) in [6.45, 7) is 0. The summed E-state index contributed by atoms with van der Waals surface area (Å²) in [6, 6.07) is 23.7. The maximum absolute atomic E-state index is 12.1. The van der Waals surface area contributed by atoms with Gasteiger partial charge in [-0.15, -0.1) is 0 Å². The van der Waals surface area contributed by atoms with E-state index in [2.05, 4.69) is 10.5 Å². The van der Waals surface area contributed by atoms with E-state index < -0.39 is 0 Å². The van der Waals surface area contributed by atoms with Crippen LogP contribution in [0.1, 0.15) is 15.9 Å². The van der Waals surface area contributed by atoms with Crippen molar-refractivity contribution in [1.82, 2.24) is 5.43 Å². The third-order valence-electron chi connectivity index (χ3n) is 3.53. The van der Waals surface area contributed by atoms with Crippen molar-refractivity contribution in [3.05, 3.63) is 90.0 Å².